The van der Waals surface area contributed by atoms with Crippen molar-refractivity contribution >= 4 is 11.6 Å². The third-order valence-electron chi connectivity index (χ3n) is 2.72. The van der Waals surface area contributed by atoms with Crippen LogP contribution >= 0.6 is 11.6 Å². The molecule has 0 N–H and O–H groups in total. The van der Waals surface area contributed by atoms with Gasteiger partial charge in [0, 0.05) is 37.9 Å². The molecule has 1 rings (SSSR count). The quantitative estimate of drug-likeness (QED) is 0.710. The Labute approximate surface area is 116 Å². The van der Waals surface area contributed by atoms with E-state index in [9.17, 15) is 0 Å². The van der Waals surface area contributed by atoms with Gasteiger partial charge in [0.05, 0.1) is 0 Å². The lowest BCUT2D eigenvalue weighted by atomic mass is 10.2. The topological polar surface area (TPSA) is 19.4 Å². The van der Waals surface area contributed by atoms with Crippen LogP contribution in [0.25, 0.3) is 0 Å². The monoisotopic (exact) mass is 269 g/mol. The molecule has 0 unspecified atom stereocenters. The summed E-state index contributed by atoms with van der Waals surface area (Å²) in [7, 11) is 4.20. The molecular formula is C14H24ClN3. The molecule has 0 amide bonds. The Hall–Kier alpha value is -0.640. The van der Waals surface area contributed by atoms with E-state index in [1.54, 1.807) is 6.20 Å². The van der Waals surface area contributed by atoms with E-state index in [4.69, 9.17) is 11.6 Å². The Morgan fingerprint density at radius 3 is 2.56 bits per heavy atom. The molecular weight excluding hydrogens is 246 g/mol. The van der Waals surface area contributed by atoms with Crippen LogP contribution in [0.2, 0.25) is 5.15 Å². The van der Waals surface area contributed by atoms with Gasteiger partial charge < -0.3 is 4.90 Å². The van der Waals surface area contributed by atoms with E-state index in [1.807, 2.05) is 6.07 Å². The van der Waals surface area contributed by atoms with Crippen molar-refractivity contribution in [1.29, 1.82) is 0 Å². The standard InChI is InChI=1S/C14H24ClN3/c1-12(2)10-18(9-8-17(3)4)11-13-6-5-7-16-14(13)15/h5-7,12H,8-11H2,1-4H3. The molecule has 0 fully saturated rings. The molecule has 4 heteroatoms. The van der Waals surface area contributed by atoms with Gasteiger partial charge in [-0.15, -0.1) is 0 Å². The first-order chi connectivity index (χ1) is 8.49. The molecule has 0 aliphatic rings. The highest BCUT2D eigenvalue weighted by Gasteiger charge is 2.10. The van der Waals surface area contributed by atoms with Gasteiger partial charge in [-0.1, -0.05) is 31.5 Å². The fourth-order valence-corrected chi connectivity index (χ4v) is 2.05. The molecule has 0 bridgehead atoms. The van der Waals surface area contributed by atoms with Crippen molar-refractivity contribution in [2.75, 3.05) is 33.7 Å². The maximum absolute atomic E-state index is 6.12. The predicted octanol–water partition coefficient (Wildman–Crippen LogP) is 2.75. The van der Waals surface area contributed by atoms with Crippen LogP contribution < -0.4 is 0 Å². The molecule has 1 aromatic rings. The molecule has 1 aromatic heterocycles. The van der Waals surface area contributed by atoms with Gasteiger partial charge in [0.1, 0.15) is 5.15 Å². The summed E-state index contributed by atoms with van der Waals surface area (Å²) in [5, 5.41) is 0.621. The van der Waals surface area contributed by atoms with Gasteiger partial charge in [0.15, 0.2) is 0 Å². The zero-order chi connectivity index (χ0) is 13.5. The molecule has 0 spiro atoms. The van der Waals surface area contributed by atoms with Crippen molar-refractivity contribution in [2.45, 2.75) is 20.4 Å². The summed E-state index contributed by atoms with van der Waals surface area (Å²) in [5.41, 5.74) is 1.11. The van der Waals surface area contributed by atoms with E-state index in [-0.39, 0.29) is 0 Å². The number of aromatic nitrogens is 1. The molecule has 0 saturated carbocycles. The van der Waals surface area contributed by atoms with Crippen LogP contribution in [0, 0.1) is 5.92 Å². The van der Waals surface area contributed by atoms with Crippen LogP contribution in [0.1, 0.15) is 19.4 Å². The molecule has 102 valence electrons. The van der Waals surface area contributed by atoms with Crippen molar-refractivity contribution in [3.8, 4) is 0 Å². The van der Waals surface area contributed by atoms with Gasteiger partial charge in [-0.2, -0.15) is 0 Å². The zero-order valence-electron chi connectivity index (χ0n) is 11.9. The summed E-state index contributed by atoms with van der Waals surface area (Å²) in [4.78, 5) is 8.78. The summed E-state index contributed by atoms with van der Waals surface area (Å²) >= 11 is 6.12. The fourth-order valence-electron chi connectivity index (χ4n) is 1.87. The molecule has 18 heavy (non-hydrogen) atoms. The molecule has 0 aliphatic carbocycles. The fraction of sp³-hybridized carbons (Fsp3) is 0.643. The first-order valence-electron chi connectivity index (χ1n) is 6.45. The van der Waals surface area contributed by atoms with Gasteiger partial charge in [-0.3, -0.25) is 4.90 Å². The van der Waals surface area contributed by atoms with Crippen molar-refractivity contribution in [2.24, 2.45) is 5.92 Å². The Kier molecular flexibility index (Phi) is 6.61. The highest BCUT2D eigenvalue weighted by Crippen LogP contribution is 2.15. The van der Waals surface area contributed by atoms with Crippen LogP contribution in [-0.2, 0) is 6.54 Å². The summed E-state index contributed by atoms with van der Waals surface area (Å²) in [6.45, 7) is 8.56. The lowest BCUT2D eigenvalue weighted by Gasteiger charge is -2.26. The van der Waals surface area contributed by atoms with E-state index in [2.05, 4.69) is 48.8 Å². The molecule has 0 saturated heterocycles. The molecule has 1 heterocycles. The van der Waals surface area contributed by atoms with Crippen LogP contribution in [0.3, 0.4) is 0 Å². The third kappa shape index (κ3) is 5.80. The number of hydrogen-bond donors (Lipinski definition) is 0. The number of pyridine rings is 1. The molecule has 0 aliphatic heterocycles. The third-order valence-corrected chi connectivity index (χ3v) is 3.06. The number of nitrogens with zero attached hydrogens (tertiary/aromatic N) is 3. The average Bonchev–Trinajstić information content (AvgIpc) is 2.28. The van der Waals surface area contributed by atoms with Crippen LogP contribution in [0.4, 0.5) is 0 Å². The van der Waals surface area contributed by atoms with E-state index in [1.165, 1.54) is 0 Å². The van der Waals surface area contributed by atoms with Gasteiger partial charge in [0.2, 0.25) is 0 Å². The molecule has 0 radical (unpaired) electrons. The predicted molar refractivity (Wildman–Crippen MR) is 77.9 cm³/mol. The normalized spacial score (nSPS) is 11.8. The summed E-state index contributed by atoms with van der Waals surface area (Å²) in [6.07, 6.45) is 1.73. The second-order valence-electron chi connectivity index (χ2n) is 5.39. The Balaban J connectivity index is 2.62. The zero-order valence-corrected chi connectivity index (χ0v) is 12.6. The van der Waals surface area contributed by atoms with Gasteiger partial charge in [-0.25, -0.2) is 4.98 Å². The molecule has 0 aromatic carbocycles. The van der Waals surface area contributed by atoms with Gasteiger partial charge >= 0.3 is 0 Å². The lowest BCUT2D eigenvalue weighted by molar-refractivity contribution is 0.211. The number of hydrogen-bond acceptors (Lipinski definition) is 3. The van der Waals surface area contributed by atoms with Crippen molar-refractivity contribution < 1.29 is 0 Å². The number of halogens is 1. The summed E-state index contributed by atoms with van der Waals surface area (Å²) in [5.74, 6) is 0.655. The van der Waals surface area contributed by atoms with E-state index < -0.39 is 0 Å². The molecule has 3 nitrogen and oxygen atoms in total. The average molecular weight is 270 g/mol. The SMILES string of the molecule is CC(C)CN(CCN(C)C)Cc1cccnc1Cl. The first-order valence-corrected chi connectivity index (χ1v) is 6.83. The minimum atomic E-state index is 0.621. The number of rotatable bonds is 7. The highest BCUT2D eigenvalue weighted by molar-refractivity contribution is 6.30. The Bertz CT molecular complexity index is 353. The summed E-state index contributed by atoms with van der Waals surface area (Å²) in [6, 6.07) is 4.00. The highest BCUT2D eigenvalue weighted by atomic mass is 35.5. The van der Waals surface area contributed by atoms with Crippen molar-refractivity contribution in [3.05, 3.63) is 29.0 Å². The second-order valence-corrected chi connectivity index (χ2v) is 5.74. The van der Waals surface area contributed by atoms with Crippen LogP contribution in [0.15, 0.2) is 18.3 Å². The van der Waals surface area contributed by atoms with Gasteiger partial charge in [0.25, 0.3) is 0 Å². The maximum Gasteiger partial charge on any atom is 0.133 e. The van der Waals surface area contributed by atoms with Gasteiger partial charge in [-0.05, 0) is 26.1 Å². The van der Waals surface area contributed by atoms with E-state index in [0.29, 0.717) is 11.1 Å². The Morgan fingerprint density at radius 1 is 1.28 bits per heavy atom. The lowest BCUT2D eigenvalue weighted by Crippen LogP contribution is -2.34. The van der Waals surface area contributed by atoms with Crippen molar-refractivity contribution in [3.63, 3.8) is 0 Å². The smallest absolute Gasteiger partial charge is 0.133 e. The van der Waals surface area contributed by atoms with Crippen molar-refractivity contribution in [1.82, 2.24) is 14.8 Å². The van der Waals surface area contributed by atoms with Crippen LogP contribution in [-0.4, -0.2) is 48.5 Å². The van der Waals surface area contributed by atoms with Crippen LogP contribution in [0.5, 0.6) is 0 Å². The maximum atomic E-state index is 6.12. The number of likely N-dealkylation sites (N-methyl/N-ethyl adjacent to an activating group) is 1. The summed E-state index contributed by atoms with van der Waals surface area (Å²) < 4.78 is 0. The first kappa shape index (κ1) is 15.4. The minimum Gasteiger partial charge on any atom is -0.308 e. The minimum absolute atomic E-state index is 0.621. The second kappa shape index (κ2) is 7.72. The Morgan fingerprint density at radius 2 is 2.00 bits per heavy atom. The largest absolute Gasteiger partial charge is 0.308 e. The van der Waals surface area contributed by atoms with E-state index in [0.717, 1.165) is 31.7 Å². The van der Waals surface area contributed by atoms with E-state index >= 15 is 0 Å². The molecule has 0 atom stereocenters.